The topological polar surface area (TPSA) is 29.5 Å². The fourth-order valence-corrected chi connectivity index (χ4v) is 2.54. The fourth-order valence-electron chi connectivity index (χ4n) is 2.37. The summed E-state index contributed by atoms with van der Waals surface area (Å²) in [4.78, 5) is 0. The maximum atomic E-state index is 9.02. The van der Waals surface area contributed by atoms with E-state index in [9.17, 15) is 0 Å². The highest BCUT2D eigenvalue weighted by atomic mass is 35.5. The van der Waals surface area contributed by atoms with E-state index in [1.54, 1.807) is 12.1 Å². The van der Waals surface area contributed by atoms with Crippen LogP contribution in [0, 0.1) is 0 Å². The molecule has 20 heavy (non-hydrogen) atoms. The molecule has 1 N–H and O–H groups in total. The van der Waals surface area contributed by atoms with Gasteiger partial charge in [0.05, 0.1) is 0 Å². The van der Waals surface area contributed by atoms with Gasteiger partial charge in [0.2, 0.25) is 0 Å². The lowest BCUT2D eigenvalue weighted by Gasteiger charge is -2.12. The Morgan fingerprint density at radius 2 is 1.70 bits per heavy atom. The molecule has 3 aromatic carbocycles. The van der Waals surface area contributed by atoms with Gasteiger partial charge in [-0.15, -0.1) is 0 Å². The van der Waals surface area contributed by atoms with Crippen LogP contribution in [-0.4, -0.2) is 12.7 Å². The van der Waals surface area contributed by atoms with Gasteiger partial charge in [-0.05, 0) is 34.5 Å². The summed E-state index contributed by atoms with van der Waals surface area (Å²) < 4.78 is 5.29. The molecule has 0 radical (unpaired) electrons. The number of fused-ring (bicyclic) bond motifs is 1. The van der Waals surface area contributed by atoms with Crippen LogP contribution in [0.25, 0.3) is 21.9 Å². The second-order valence-electron chi connectivity index (χ2n) is 4.44. The standard InChI is InChI=1S/C16H12BClO2/c18-12-8-9-16(20-17-19)15(10-12)14-7-3-5-11-4-1-2-6-13(11)14/h1-10,17,19H. The van der Waals surface area contributed by atoms with Crippen LogP contribution in [0.4, 0.5) is 0 Å². The van der Waals surface area contributed by atoms with Gasteiger partial charge in [-0.2, -0.15) is 0 Å². The minimum atomic E-state index is -0.362. The van der Waals surface area contributed by atoms with Crippen LogP contribution in [0.5, 0.6) is 5.75 Å². The SMILES string of the molecule is OBOc1ccc(Cl)cc1-c1cccc2ccccc12. The Bertz CT molecular complexity index is 753. The summed E-state index contributed by atoms with van der Waals surface area (Å²) in [6.45, 7) is 0. The van der Waals surface area contributed by atoms with E-state index in [0.29, 0.717) is 10.8 Å². The molecule has 0 amide bonds. The van der Waals surface area contributed by atoms with Crippen LogP contribution in [0.15, 0.2) is 60.7 Å². The Hall–Kier alpha value is -1.97. The van der Waals surface area contributed by atoms with Crippen LogP contribution in [0.2, 0.25) is 5.02 Å². The van der Waals surface area contributed by atoms with Crippen molar-refractivity contribution in [1.82, 2.24) is 0 Å². The van der Waals surface area contributed by atoms with Crippen LogP contribution in [0.1, 0.15) is 0 Å². The average Bonchev–Trinajstić information content (AvgIpc) is 2.49. The summed E-state index contributed by atoms with van der Waals surface area (Å²) in [5.41, 5.74) is 1.91. The van der Waals surface area contributed by atoms with Crippen molar-refractivity contribution in [3.05, 3.63) is 65.7 Å². The maximum Gasteiger partial charge on any atom is 0.504 e. The monoisotopic (exact) mass is 282 g/mol. The van der Waals surface area contributed by atoms with Crippen molar-refractivity contribution >= 4 is 30.1 Å². The van der Waals surface area contributed by atoms with Crippen molar-refractivity contribution in [1.29, 1.82) is 0 Å². The van der Waals surface area contributed by atoms with E-state index >= 15 is 0 Å². The summed E-state index contributed by atoms with van der Waals surface area (Å²) in [6.07, 6.45) is 0. The van der Waals surface area contributed by atoms with Gasteiger partial charge in [-0.1, -0.05) is 54.1 Å². The Kier molecular flexibility index (Phi) is 3.63. The van der Waals surface area contributed by atoms with E-state index in [2.05, 4.69) is 18.2 Å². The van der Waals surface area contributed by atoms with Crippen molar-refractivity contribution in [2.45, 2.75) is 0 Å². The van der Waals surface area contributed by atoms with Crippen molar-refractivity contribution in [2.24, 2.45) is 0 Å². The molecule has 0 atom stereocenters. The van der Waals surface area contributed by atoms with Gasteiger partial charge in [-0.3, -0.25) is 0 Å². The number of hydrogen-bond acceptors (Lipinski definition) is 2. The Morgan fingerprint density at radius 1 is 0.900 bits per heavy atom. The zero-order valence-electron chi connectivity index (χ0n) is 10.7. The lowest BCUT2D eigenvalue weighted by Crippen LogP contribution is -2.01. The van der Waals surface area contributed by atoms with Crippen LogP contribution >= 0.6 is 11.6 Å². The Morgan fingerprint density at radius 3 is 2.55 bits per heavy atom. The Labute approximate surface area is 122 Å². The van der Waals surface area contributed by atoms with E-state index in [0.717, 1.165) is 21.9 Å². The molecule has 0 fully saturated rings. The predicted octanol–water partition coefficient (Wildman–Crippen LogP) is 3.80. The normalized spacial score (nSPS) is 10.5. The molecular formula is C16H12BClO2. The average molecular weight is 283 g/mol. The molecule has 3 rings (SSSR count). The lowest BCUT2D eigenvalue weighted by atomic mass is 9.97. The van der Waals surface area contributed by atoms with E-state index < -0.39 is 0 Å². The van der Waals surface area contributed by atoms with Gasteiger partial charge in [0.15, 0.2) is 0 Å². The second-order valence-corrected chi connectivity index (χ2v) is 4.88. The first-order chi connectivity index (χ1) is 9.79. The zero-order chi connectivity index (χ0) is 13.9. The van der Waals surface area contributed by atoms with Gasteiger partial charge in [0.25, 0.3) is 0 Å². The summed E-state index contributed by atoms with van der Waals surface area (Å²) in [7, 11) is -0.362. The molecule has 3 aromatic rings. The molecule has 0 aromatic heterocycles. The second kappa shape index (κ2) is 5.57. The van der Waals surface area contributed by atoms with Crippen molar-refractivity contribution in [3.63, 3.8) is 0 Å². The van der Waals surface area contributed by atoms with Gasteiger partial charge in [-0.25, -0.2) is 0 Å². The minimum Gasteiger partial charge on any atom is -0.538 e. The van der Waals surface area contributed by atoms with E-state index in [-0.39, 0.29) is 7.69 Å². The molecule has 0 bridgehead atoms. The van der Waals surface area contributed by atoms with Crippen LogP contribution in [0.3, 0.4) is 0 Å². The van der Waals surface area contributed by atoms with E-state index in [1.807, 2.05) is 30.3 Å². The summed E-state index contributed by atoms with van der Waals surface area (Å²) in [5.74, 6) is 0.619. The fraction of sp³-hybridized carbons (Fsp3) is 0. The largest absolute Gasteiger partial charge is 0.538 e. The van der Waals surface area contributed by atoms with Gasteiger partial charge < -0.3 is 9.68 Å². The first kappa shape index (κ1) is 13.0. The van der Waals surface area contributed by atoms with Crippen molar-refractivity contribution in [3.8, 4) is 16.9 Å². The predicted molar refractivity (Wildman–Crippen MR) is 84.4 cm³/mol. The smallest absolute Gasteiger partial charge is 0.504 e. The Balaban J connectivity index is 2.27. The third-order valence-corrected chi connectivity index (χ3v) is 3.48. The molecule has 4 heteroatoms. The highest BCUT2D eigenvalue weighted by molar-refractivity contribution is 6.31. The molecule has 98 valence electrons. The molecule has 0 aliphatic heterocycles. The van der Waals surface area contributed by atoms with Gasteiger partial charge in [0, 0.05) is 10.6 Å². The molecule has 0 saturated carbocycles. The minimum absolute atomic E-state index is 0.362. The molecule has 0 aliphatic carbocycles. The highest BCUT2D eigenvalue weighted by Crippen LogP contribution is 2.36. The van der Waals surface area contributed by atoms with Crippen LogP contribution < -0.4 is 4.65 Å². The van der Waals surface area contributed by atoms with Crippen LogP contribution in [-0.2, 0) is 0 Å². The molecule has 2 nitrogen and oxygen atoms in total. The maximum absolute atomic E-state index is 9.02. The number of rotatable bonds is 3. The van der Waals surface area contributed by atoms with E-state index in [1.165, 1.54) is 0 Å². The van der Waals surface area contributed by atoms with E-state index in [4.69, 9.17) is 21.3 Å². The summed E-state index contributed by atoms with van der Waals surface area (Å²) in [6, 6.07) is 19.6. The molecule has 0 heterocycles. The van der Waals surface area contributed by atoms with Crippen molar-refractivity contribution in [2.75, 3.05) is 0 Å². The molecular weight excluding hydrogens is 270 g/mol. The number of halogens is 1. The first-order valence-electron chi connectivity index (χ1n) is 6.31. The summed E-state index contributed by atoms with van der Waals surface area (Å²) in [5, 5.41) is 11.9. The van der Waals surface area contributed by atoms with Crippen molar-refractivity contribution < 1.29 is 9.68 Å². The molecule has 0 saturated heterocycles. The summed E-state index contributed by atoms with van der Waals surface area (Å²) >= 11 is 6.10. The highest BCUT2D eigenvalue weighted by Gasteiger charge is 2.10. The van der Waals surface area contributed by atoms with Gasteiger partial charge in [0.1, 0.15) is 5.75 Å². The third-order valence-electron chi connectivity index (χ3n) is 3.24. The van der Waals surface area contributed by atoms with Gasteiger partial charge >= 0.3 is 7.69 Å². The first-order valence-corrected chi connectivity index (χ1v) is 6.69. The molecule has 0 spiro atoms. The number of hydrogen-bond donors (Lipinski definition) is 1. The lowest BCUT2D eigenvalue weighted by molar-refractivity contribution is 0.455. The third kappa shape index (κ3) is 2.38. The zero-order valence-corrected chi connectivity index (χ0v) is 11.5. The quantitative estimate of drug-likeness (QED) is 0.741. The number of benzene rings is 3. The molecule has 0 unspecified atom stereocenters. The molecule has 0 aliphatic rings.